The predicted octanol–water partition coefficient (Wildman–Crippen LogP) is 3.57. The molecule has 18 heavy (non-hydrogen) atoms. The molecule has 2 rings (SSSR count). The molecular weight excluding hydrogens is 244 g/mol. The van der Waals surface area contributed by atoms with Crippen LogP contribution in [0.3, 0.4) is 0 Å². The Labute approximate surface area is 112 Å². The lowest BCUT2D eigenvalue weighted by molar-refractivity contribution is 0.621. The fourth-order valence-electron chi connectivity index (χ4n) is 2.09. The van der Waals surface area contributed by atoms with E-state index in [0.717, 1.165) is 35.3 Å². The van der Waals surface area contributed by atoms with Crippen molar-refractivity contribution in [2.24, 2.45) is 0 Å². The van der Waals surface area contributed by atoms with E-state index in [1.54, 1.807) is 11.3 Å². The third-order valence-electron chi connectivity index (χ3n) is 3.00. The molecule has 4 nitrogen and oxygen atoms in total. The molecule has 0 aromatic carbocycles. The maximum Gasteiger partial charge on any atom is 0.223 e. The Morgan fingerprint density at radius 2 is 2.17 bits per heavy atom. The first-order valence-electron chi connectivity index (χ1n) is 6.44. The third-order valence-corrected chi connectivity index (χ3v) is 3.95. The highest BCUT2D eigenvalue weighted by Gasteiger charge is 2.12. The van der Waals surface area contributed by atoms with Crippen LogP contribution in [0.2, 0.25) is 0 Å². The predicted molar refractivity (Wildman–Crippen MR) is 79.2 cm³/mol. The van der Waals surface area contributed by atoms with Gasteiger partial charge in [0.2, 0.25) is 5.95 Å². The number of thiophene rings is 1. The van der Waals surface area contributed by atoms with Gasteiger partial charge in [0, 0.05) is 10.9 Å². The molecule has 0 saturated carbocycles. The Hall–Kier alpha value is -1.36. The first-order valence-corrected chi connectivity index (χ1v) is 7.25. The van der Waals surface area contributed by atoms with E-state index in [0.29, 0.717) is 12.0 Å². The molecule has 0 amide bonds. The van der Waals surface area contributed by atoms with Crippen molar-refractivity contribution in [3.05, 3.63) is 10.9 Å². The number of fused-ring (bicyclic) bond motifs is 1. The van der Waals surface area contributed by atoms with Crippen LogP contribution < -0.4 is 11.1 Å². The minimum atomic E-state index is 0.346. The molecule has 1 atom stereocenters. The Balaban J connectivity index is 2.36. The quantitative estimate of drug-likeness (QED) is 0.866. The zero-order chi connectivity index (χ0) is 13.1. The van der Waals surface area contributed by atoms with Crippen LogP contribution >= 0.6 is 11.3 Å². The van der Waals surface area contributed by atoms with Gasteiger partial charge in [-0.2, -0.15) is 4.98 Å². The minimum absolute atomic E-state index is 0.346. The minimum Gasteiger partial charge on any atom is -0.368 e. The molecule has 0 bridgehead atoms. The maximum absolute atomic E-state index is 5.77. The monoisotopic (exact) mass is 264 g/mol. The molecule has 0 spiro atoms. The first kappa shape index (κ1) is 13.1. The summed E-state index contributed by atoms with van der Waals surface area (Å²) in [4.78, 5) is 10.8. The van der Waals surface area contributed by atoms with E-state index in [4.69, 9.17) is 5.73 Å². The molecular formula is C13H20N4S. The van der Waals surface area contributed by atoms with Crippen molar-refractivity contribution >= 4 is 33.3 Å². The summed E-state index contributed by atoms with van der Waals surface area (Å²) in [7, 11) is 0. The number of nitrogen functional groups attached to an aromatic ring is 1. The summed E-state index contributed by atoms with van der Waals surface area (Å²) in [5.41, 5.74) is 5.77. The lowest BCUT2D eigenvalue weighted by atomic mass is 10.1. The van der Waals surface area contributed by atoms with E-state index in [1.165, 1.54) is 4.88 Å². The second-order valence-electron chi connectivity index (χ2n) is 4.54. The molecule has 5 heteroatoms. The second kappa shape index (κ2) is 5.52. The number of aryl methyl sites for hydroxylation is 1. The Bertz CT molecular complexity index is 535. The van der Waals surface area contributed by atoms with Crippen molar-refractivity contribution in [3.63, 3.8) is 0 Å². The molecule has 1 unspecified atom stereocenters. The van der Waals surface area contributed by atoms with Gasteiger partial charge >= 0.3 is 0 Å². The lowest BCUT2D eigenvalue weighted by Crippen LogP contribution is -2.19. The smallest absolute Gasteiger partial charge is 0.223 e. The summed E-state index contributed by atoms with van der Waals surface area (Å²) >= 11 is 1.66. The maximum atomic E-state index is 5.77. The number of nitrogens with two attached hydrogens (primary N) is 1. The molecule has 0 aliphatic rings. The van der Waals surface area contributed by atoms with E-state index in [2.05, 4.69) is 42.1 Å². The van der Waals surface area contributed by atoms with Crippen molar-refractivity contribution in [1.29, 1.82) is 0 Å². The molecule has 2 aromatic rings. The van der Waals surface area contributed by atoms with Crippen LogP contribution in [-0.4, -0.2) is 16.0 Å². The van der Waals surface area contributed by atoms with E-state index in [-0.39, 0.29) is 0 Å². The highest BCUT2D eigenvalue weighted by Crippen LogP contribution is 2.29. The second-order valence-corrected chi connectivity index (χ2v) is 5.78. The molecule has 0 aliphatic heterocycles. The van der Waals surface area contributed by atoms with Crippen LogP contribution in [0.1, 0.15) is 38.0 Å². The van der Waals surface area contributed by atoms with Crippen LogP contribution in [0, 0.1) is 6.92 Å². The number of rotatable bonds is 5. The summed E-state index contributed by atoms with van der Waals surface area (Å²) in [6.07, 6.45) is 3.39. The van der Waals surface area contributed by atoms with Crippen molar-refractivity contribution in [2.45, 2.75) is 46.1 Å². The van der Waals surface area contributed by atoms with Gasteiger partial charge in [-0.25, -0.2) is 4.98 Å². The summed E-state index contributed by atoms with van der Waals surface area (Å²) < 4.78 is 0. The highest BCUT2D eigenvalue weighted by molar-refractivity contribution is 7.18. The summed E-state index contributed by atoms with van der Waals surface area (Å²) in [6, 6.07) is 2.58. The largest absolute Gasteiger partial charge is 0.368 e. The molecule has 98 valence electrons. The summed E-state index contributed by atoms with van der Waals surface area (Å²) in [5, 5.41) is 4.59. The van der Waals surface area contributed by atoms with Gasteiger partial charge in [0.05, 0.1) is 5.39 Å². The topological polar surface area (TPSA) is 63.8 Å². The van der Waals surface area contributed by atoms with Crippen LogP contribution in [0.5, 0.6) is 0 Å². The Morgan fingerprint density at radius 1 is 1.39 bits per heavy atom. The van der Waals surface area contributed by atoms with E-state index in [9.17, 15) is 0 Å². The van der Waals surface area contributed by atoms with Crippen molar-refractivity contribution in [3.8, 4) is 0 Å². The highest BCUT2D eigenvalue weighted by atomic mass is 32.1. The van der Waals surface area contributed by atoms with Crippen molar-refractivity contribution in [1.82, 2.24) is 9.97 Å². The lowest BCUT2D eigenvalue weighted by Gasteiger charge is -2.17. The number of hydrogen-bond acceptors (Lipinski definition) is 5. The molecule has 0 saturated heterocycles. The SMILES string of the molecule is CCCC(CC)Nc1nc(N)nc2sc(C)cc12. The van der Waals surface area contributed by atoms with Gasteiger partial charge in [0.15, 0.2) is 0 Å². The molecule has 0 aliphatic carbocycles. The zero-order valence-corrected chi connectivity index (χ0v) is 12.0. The molecule has 0 radical (unpaired) electrons. The molecule has 0 fully saturated rings. The number of nitrogens with one attached hydrogen (secondary N) is 1. The Morgan fingerprint density at radius 3 is 2.83 bits per heavy atom. The average molecular weight is 264 g/mol. The van der Waals surface area contributed by atoms with Gasteiger partial charge in [-0.1, -0.05) is 20.3 Å². The van der Waals surface area contributed by atoms with Gasteiger partial charge in [-0.15, -0.1) is 11.3 Å². The summed E-state index contributed by atoms with van der Waals surface area (Å²) in [6.45, 7) is 6.46. The molecule has 2 aromatic heterocycles. The van der Waals surface area contributed by atoms with Crippen LogP contribution in [-0.2, 0) is 0 Å². The number of anilines is 2. The normalized spacial score (nSPS) is 12.8. The molecule has 2 heterocycles. The fourth-order valence-corrected chi connectivity index (χ4v) is 2.98. The van der Waals surface area contributed by atoms with Gasteiger partial charge in [-0.3, -0.25) is 0 Å². The first-order chi connectivity index (χ1) is 8.63. The van der Waals surface area contributed by atoms with Crippen LogP contribution in [0.15, 0.2) is 6.07 Å². The van der Waals surface area contributed by atoms with E-state index >= 15 is 0 Å². The Kier molecular flexibility index (Phi) is 4.01. The van der Waals surface area contributed by atoms with Crippen molar-refractivity contribution < 1.29 is 0 Å². The van der Waals surface area contributed by atoms with Crippen molar-refractivity contribution in [2.75, 3.05) is 11.1 Å². The average Bonchev–Trinajstić information content (AvgIpc) is 2.68. The van der Waals surface area contributed by atoms with Gasteiger partial charge in [0.25, 0.3) is 0 Å². The van der Waals surface area contributed by atoms with Gasteiger partial charge in [0.1, 0.15) is 10.6 Å². The van der Waals surface area contributed by atoms with E-state index in [1.807, 2.05) is 0 Å². The summed E-state index contributed by atoms with van der Waals surface area (Å²) in [5.74, 6) is 1.22. The van der Waals surface area contributed by atoms with Gasteiger partial charge in [-0.05, 0) is 25.8 Å². The number of aromatic nitrogens is 2. The number of nitrogens with zero attached hydrogens (tertiary/aromatic N) is 2. The number of hydrogen-bond donors (Lipinski definition) is 2. The van der Waals surface area contributed by atoms with Gasteiger partial charge < -0.3 is 11.1 Å². The zero-order valence-electron chi connectivity index (χ0n) is 11.2. The third kappa shape index (κ3) is 2.72. The molecule has 3 N–H and O–H groups in total. The fraction of sp³-hybridized carbons (Fsp3) is 0.538. The van der Waals surface area contributed by atoms with Crippen LogP contribution in [0.4, 0.5) is 11.8 Å². The van der Waals surface area contributed by atoms with Crippen LogP contribution in [0.25, 0.3) is 10.2 Å². The standard InChI is InChI=1S/C13H20N4S/c1-4-6-9(5-2)15-11-10-7-8(3)18-12(10)17-13(14)16-11/h7,9H,4-6H2,1-3H3,(H3,14,15,16,17). The van der Waals surface area contributed by atoms with E-state index < -0.39 is 0 Å².